The van der Waals surface area contributed by atoms with Crippen molar-refractivity contribution in [2.75, 3.05) is 11.5 Å². The first-order chi connectivity index (χ1) is 12.0. The van der Waals surface area contributed by atoms with Gasteiger partial charge < -0.3 is 4.74 Å². The van der Waals surface area contributed by atoms with E-state index in [-0.39, 0.29) is 24.8 Å². The second kappa shape index (κ2) is 5.84. The van der Waals surface area contributed by atoms with Crippen molar-refractivity contribution < 1.29 is 18.7 Å². The van der Waals surface area contributed by atoms with Gasteiger partial charge in [-0.05, 0) is 36.8 Å². The maximum Gasteiger partial charge on any atom is 0.336 e. The molecule has 0 saturated carbocycles. The minimum absolute atomic E-state index is 0.0552. The number of ether oxygens (including phenoxy) is 1. The van der Waals surface area contributed by atoms with E-state index >= 15 is 0 Å². The second-order valence-electron chi connectivity index (χ2n) is 6.31. The molecule has 1 unspecified atom stereocenters. The summed E-state index contributed by atoms with van der Waals surface area (Å²) in [6, 6.07) is 13.6. The average Bonchev–Trinajstić information content (AvgIpc) is 2.97. The molecule has 4 rings (SSSR count). The van der Waals surface area contributed by atoms with E-state index in [1.165, 1.54) is 12.1 Å². The van der Waals surface area contributed by atoms with Crippen LogP contribution < -0.4 is 4.90 Å². The molecule has 2 aromatic carbocycles. The number of aryl methyl sites for hydroxylation is 1. The summed E-state index contributed by atoms with van der Waals surface area (Å²) >= 11 is 0. The zero-order chi connectivity index (χ0) is 17.6. The van der Waals surface area contributed by atoms with Crippen molar-refractivity contribution in [2.24, 2.45) is 0 Å². The minimum atomic E-state index is -0.477. The van der Waals surface area contributed by atoms with Crippen LogP contribution in [-0.2, 0) is 14.3 Å². The van der Waals surface area contributed by atoms with Gasteiger partial charge in [0.05, 0.1) is 11.3 Å². The number of nitrogens with zero attached hydrogens (tertiary/aromatic N) is 1. The number of esters is 1. The Morgan fingerprint density at radius 1 is 1.12 bits per heavy atom. The van der Waals surface area contributed by atoms with Gasteiger partial charge in [-0.3, -0.25) is 9.69 Å². The van der Waals surface area contributed by atoms with Crippen molar-refractivity contribution in [3.05, 3.63) is 76.7 Å². The summed E-state index contributed by atoms with van der Waals surface area (Å²) in [6.45, 7) is 2.02. The van der Waals surface area contributed by atoms with Gasteiger partial charge in [0.15, 0.2) is 0 Å². The Kier molecular flexibility index (Phi) is 3.64. The number of hydrogen-bond donors (Lipinski definition) is 0. The summed E-state index contributed by atoms with van der Waals surface area (Å²) in [7, 11) is 0. The van der Waals surface area contributed by atoms with E-state index in [0.29, 0.717) is 22.5 Å². The molecule has 1 atom stereocenters. The predicted octanol–water partition coefficient (Wildman–Crippen LogP) is 3.47. The molecule has 0 saturated heterocycles. The van der Waals surface area contributed by atoms with E-state index in [4.69, 9.17) is 4.74 Å². The Morgan fingerprint density at radius 3 is 2.60 bits per heavy atom. The molecule has 4 nitrogen and oxygen atoms in total. The number of anilines is 1. The SMILES string of the molecule is Cc1ccc(N2C(=O)CC(c3cccc(F)c3)C3=C2COC3=O)cc1. The largest absolute Gasteiger partial charge is 0.456 e. The van der Waals surface area contributed by atoms with Crippen molar-refractivity contribution in [3.63, 3.8) is 0 Å². The Labute approximate surface area is 144 Å². The molecule has 0 aliphatic carbocycles. The Morgan fingerprint density at radius 2 is 1.88 bits per heavy atom. The molecule has 2 aromatic rings. The van der Waals surface area contributed by atoms with Crippen molar-refractivity contribution >= 4 is 17.6 Å². The fourth-order valence-corrected chi connectivity index (χ4v) is 3.46. The number of carbonyl (C=O) groups is 2. The first kappa shape index (κ1) is 15.6. The molecule has 2 heterocycles. The van der Waals surface area contributed by atoms with Gasteiger partial charge in [-0.25, -0.2) is 9.18 Å². The fraction of sp³-hybridized carbons (Fsp3) is 0.200. The summed E-state index contributed by atoms with van der Waals surface area (Å²) in [4.78, 5) is 26.7. The van der Waals surface area contributed by atoms with Crippen LogP contribution in [-0.4, -0.2) is 18.5 Å². The van der Waals surface area contributed by atoms with Crippen molar-refractivity contribution in [2.45, 2.75) is 19.3 Å². The zero-order valence-electron chi connectivity index (χ0n) is 13.7. The summed E-state index contributed by atoms with van der Waals surface area (Å²) in [5, 5.41) is 0. The van der Waals surface area contributed by atoms with Gasteiger partial charge in [0.25, 0.3) is 0 Å². The molecular weight excluding hydrogens is 321 g/mol. The smallest absolute Gasteiger partial charge is 0.336 e. The Balaban J connectivity index is 1.83. The van der Waals surface area contributed by atoms with Crippen LogP contribution in [0.2, 0.25) is 0 Å². The molecule has 0 spiro atoms. The van der Waals surface area contributed by atoms with E-state index in [1.54, 1.807) is 17.0 Å². The van der Waals surface area contributed by atoms with Crippen LogP contribution in [0.1, 0.15) is 23.5 Å². The Bertz CT molecular complexity index is 901. The lowest BCUT2D eigenvalue weighted by Gasteiger charge is -2.32. The third-order valence-corrected chi connectivity index (χ3v) is 4.66. The van der Waals surface area contributed by atoms with Crippen LogP contribution in [0.4, 0.5) is 10.1 Å². The van der Waals surface area contributed by atoms with E-state index < -0.39 is 11.9 Å². The predicted molar refractivity (Wildman–Crippen MR) is 90.4 cm³/mol. The first-order valence-corrected chi connectivity index (χ1v) is 8.10. The van der Waals surface area contributed by atoms with Gasteiger partial charge in [-0.15, -0.1) is 0 Å². The van der Waals surface area contributed by atoms with Gasteiger partial charge in [0, 0.05) is 18.0 Å². The van der Waals surface area contributed by atoms with E-state index in [0.717, 1.165) is 5.56 Å². The molecule has 5 heteroatoms. The van der Waals surface area contributed by atoms with Gasteiger partial charge >= 0.3 is 5.97 Å². The van der Waals surface area contributed by atoms with Crippen molar-refractivity contribution in [1.82, 2.24) is 0 Å². The topological polar surface area (TPSA) is 46.6 Å². The molecule has 1 amide bonds. The lowest BCUT2D eigenvalue weighted by molar-refractivity contribution is -0.136. The normalized spacial score (nSPS) is 19.9. The lowest BCUT2D eigenvalue weighted by Crippen LogP contribution is -2.37. The molecule has 126 valence electrons. The van der Waals surface area contributed by atoms with Gasteiger partial charge in [-0.2, -0.15) is 0 Å². The van der Waals surface area contributed by atoms with E-state index in [1.807, 2.05) is 31.2 Å². The van der Waals surface area contributed by atoms with Gasteiger partial charge in [-0.1, -0.05) is 29.8 Å². The second-order valence-corrected chi connectivity index (χ2v) is 6.31. The number of hydrogen-bond acceptors (Lipinski definition) is 3. The van der Waals surface area contributed by atoms with Crippen molar-refractivity contribution in [3.8, 4) is 0 Å². The molecule has 0 aromatic heterocycles. The quantitative estimate of drug-likeness (QED) is 0.789. The molecule has 0 N–H and O–H groups in total. The number of cyclic esters (lactones) is 1. The third kappa shape index (κ3) is 2.61. The van der Waals surface area contributed by atoms with Crippen LogP contribution >= 0.6 is 0 Å². The fourth-order valence-electron chi connectivity index (χ4n) is 3.46. The highest BCUT2D eigenvalue weighted by Crippen LogP contribution is 2.41. The number of amides is 1. The maximum absolute atomic E-state index is 13.6. The molecule has 2 aliphatic heterocycles. The van der Waals surface area contributed by atoms with Crippen LogP contribution in [0.25, 0.3) is 0 Å². The Hall–Kier alpha value is -2.95. The molecule has 2 aliphatic rings. The highest BCUT2D eigenvalue weighted by molar-refractivity contribution is 6.06. The summed E-state index contributed by atoms with van der Waals surface area (Å²) < 4.78 is 18.8. The zero-order valence-corrected chi connectivity index (χ0v) is 13.7. The lowest BCUT2D eigenvalue weighted by atomic mass is 9.84. The highest BCUT2D eigenvalue weighted by Gasteiger charge is 2.42. The van der Waals surface area contributed by atoms with Crippen LogP contribution in [0, 0.1) is 12.7 Å². The number of rotatable bonds is 2. The molecule has 0 radical (unpaired) electrons. The van der Waals surface area contributed by atoms with E-state index in [9.17, 15) is 14.0 Å². The molecule has 0 fully saturated rings. The van der Waals surface area contributed by atoms with Gasteiger partial charge in [0.1, 0.15) is 12.4 Å². The minimum Gasteiger partial charge on any atom is -0.456 e. The monoisotopic (exact) mass is 337 g/mol. The number of halogens is 1. The van der Waals surface area contributed by atoms with Crippen LogP contribution in [0.3, 0.4) is 0 Å². The van der Waals surface area contributed by atoms with Gasteiger partial charge in [0.2, 0.25) is 5.91 Å². The highest BCUT2D eigenvalue weighted by atomic mass is 19.1. The van der Waals surface area contributed by atoms with Crippen LogP contribution in [0.5, 0.6) is 0 Å². The first-order valence-electron chi connectivity index (χ1n) is 8.10. The van der Waals surface area contributed by atoms with E-state index in [2.05, 4.69) is 0 Å². The molecule has 0 bridgehead atoms. The molecule has 25 heavy (non-hydrogen) atoms. The third-order valence-electron chi connectivity index (χ3n) is 4.66. The standard InChI is InChI=1S/C20H16FNO3/c1-12-5-7-15(8-6-12)22-17-11-25-20(24)19(17)16(10-18(22)23)13-3-2-4-14(21)9-13/h2-9,16H,10-11H2,1H3. The number of benzene rings is 2. The summed E-state index contributed by atoms with van der Waals surface area (Å²) in [6.07, 6.45) is 0.102. The average molecular weight is 337 g/mol. The molecular formula is C20H16FNO3. The number of carbonyl (C=O) groups excluding carboxylic acids is 2. The maximum atomic E-state index is 13.6. The summed E-state index contributed by atoms with van der Waals surface area (Å²) in [5.41, 5.74) is 3.41. The summed E-state index contributed by atoms with van der Waals surface area (Å²) in [5.74, 6) is -1.43. The van der Waals surface area contributed by atoms with Crippen LogP contribution in [0.15, 0.2) is 59.8 Å². The van der Waals surface area contributed by atoms with Crippen molar-refractivity contribution in [1.29, 1.82) is 0 Å².